The maximum Gasteiger partial charge on any atom is 0.262 e. The van der Waals surface area contributed by atoms with Gasteiger partial charge in [0, 0.05) is 0 Å². The highest BCUT2D eigenvalue weighted by molar-refractivity contribution is 7.92. The molecule has 1 aliphatic heterocycles. The molecule has 2 aromatic carbocycles. The molecule has 1 heterocycles. The minimum Gasteiger partial charge on any atom is -0.492 e. The minimum absolute atomic E-state index is 0.0426. The largest absolute Gasteiger partial charge is 0.492 e. The van der Waals surface area contributed by atoms with E-state index in [-0.39, 0.29) is 16.0 Å². The first kappa shape index (κ1) is 16.0. The van der Waals surface area contributed by atoms with E-state index >= 15 is 0 Å². The van der Waals surface area contributed by atoms with E-state index in [2.05, 4.69) is 10.0 Å². The second kappa shape index (κ2) is 5.97. The molecule has 0 spiro atoms. The molecule has 24 heavy (non-hydrogen) atoms. The summed E-state index contributed by atoms with van der Waals surface area (Å²) in [6.07, 6.45) is 0. The van der Waals surface area contributed by atoms with Crippen LogP contribution in [0.4, 0.5) is 5.69 Å². The molecule has 0 bridgehead atoms. The van der Waals surface area contributed by atoms with Crippen molar-refractivity contribution >= 4 is 27.5 Å². The molecule has 2 aromatic rings. The predicted molar refractivity (Wildman–Crippen MR) is 86.7 cm³/mol. The first-order chi connectivity index (χ1) is 11.4. The van der Waals surface area contributed by atoms with Gasteiger partial charge in [0.2, 0.25) is 0 Å². The number of carbonyl (C=O) groups excluding carboxylic acids is 2. The van der Waals surface area contributed by atoms with Crippen molar-refractivity contribution in [2.24, 2.45) is 0 Å². The van der Waals surface area contributed by atoms with E-state index in [4.69, 9.17) is 4.74 Å². The number of ether oxygens (including phenoxy) is 1. The highest BCUT2D eigenvalue weighted by Crippen LogP contribution is 2.27. The number of imide groups is 1. The summed E-state index contributed by atoms with van der Waals surface area (Å²) in [5.41, 5.74) is 0.495. The molecule has 1 aliphatic rings. The number of fused-ring (bicyclic) bond motifs is 1. The molecule has 0 fully saturated rings. The first-order valence-electron chi connectivity index (χ1n) is 7.17. The fourth-order valence-corrected chi connectivity index (χ4v) is 3.45. The molecular weight excluding hydrogens is 332 g/mol. The average molecular weight is 346 g/mol. The number of rotatable bonds is 5. The Hall–Kier alpha value is -2.87. The van der Waals surface area contributed by atoms with E-state index in [0.717, 1.165) is 0 Å². The van der Waals surface area contributed by atoms with Crippen LogP contribution in [0, 0.1) is 0 Å². The summed E-state index contributed by atoms with van der Waals surface area (Å²) in [6, 6.07) is 10.4. The molecule has 0 aliphatic carbocycles. The zero-order valence-electron chi connectivity index (χ0n) is 12.7. The van der Waals surface area contributed by atoms with Gasteiger partial charge in [-0.25, -0.2) is 8.42 Å². The van der Waals surface area contributed by atoms with Gasteiger partial charge >= 0.3 is 0 Å². The van der Waals surface area contributed by atoms with Gasteiger partial charge in [0.1, 0.15) is 5.75 Å². The SMILES string of the molecule is CCOc1ccccc1NS(=O)(=O)c1ccc2c(c1)C(=O)NC2=O. The van der Waals surface area contributed by atoms with Crippen LogP contribution in [0.25, 0.3) is 0 Å². The molecule has 3 rings (SSSR count). The lowest BCUT2D eigenvalue weighted by Crippen LogP contribution is -2.20. The van der Waals surface area contributed by atoms with Crippen LogP contribution in [-0.4, -0.2) is 26.8 Å². The number of benzene rings is 2. The lowest BCUT2D eigenvalue weighted by atomic mass is 10.1. The molecule has 0 saturated heterocycles. The molecule has 124 valence electrons. The molecule has 0 unspecified atom stereocenters. The van der Waals surface area contributed by atoms with Crippen molar-refractivity contribution in [2.45, 2.75) is 11.8 Å². The topological polar surface area (TPSA) is 102 Å². The van der Waals surface area contributed by atoms with Crippen molar-refractivity contribution in [1.29, 1.82) is 0 Å². The highest BCUT2D eigenvalue weighted by Gasteiger charge is 2.29. The number of nitrogens with one attached hydrogen (secondary N) is 2. The molecule has 0 saturated carbocycles. The van der Waals surface area contributed by atoms with Gasteiger partial charge in [0.15, 0.2) is 0 Å². The van der Waals surface area contributed by atoms with E-state index in [1.54, 1.807) is 31.2 Å². The summed E-state index contributed by atoms with van der Waals surface area (Å²) in [5.74, 6) is -0.743. The van der Waals surface area contributed by atoms with Crippen molar-refractivity contribution in [2.75, 3.05) is 11.3 Å². The Bertz CT molecular complexity index is 937. The number of hydrogen-bond acceptors (Lipinski definition) is 5. The first-order valence-corrected chi connectivity index (χ1v) is 8.65. The number of anilines is 1. The molecule has 0 aromatic heterocycles. The van der Waals surface area contributed by atoms with Crippen molar-refractivity contribution in [1.82, 2.24) is 5.32 Å². The van der Waals surface area contributed by atoms with Crippen LogP contribution in [0.3, 0.4) is 0 Å². The van der Waals surface area contributed by atoms with Gasteiger partial charge in [0.25, 0.3) is 21.8 Å². The van der Waals surface area contributed by atoms with Gasteiger partial charge in [0.05, 0.1) is 28.3 Å². The maximum absolute atomic E-state index is 12.6. The Morgan fingerprint density at radius 1 is 1.04 bits per heavy atom. The van der Waals surface area contributed by atoms with Crippen LogP contribution in [0.2, 0.25) is 0 Å². The van der Waals surface area contributed by atoms with E-state index in [1.807, 2.05) is 0 Å². The van der Waals surface area contributed by atoms with Gasteiger partial charge in [-0.2, -0.15) is 0 Å². The fraction of sp³-hybridized carbons (Fsp3) is 0.125. The minimum atomic E-state index is -3.94. The zero-order valence-corrected chi connectivity index (χ0v) is 13.5. The van der Waals surface area contributed by atoms with Gasteiger partial charge in [-0.15, -0.1) is 0 Å². The van der Waals surface area contributed by atoms with Gasteiger partial charge in [-0.05, 0) is 37.3 Å². The summed E-state index contributed by atoms with van der Waals surface area (Å²) in [4.78, 5) is 23.1. The molecule has 0 radical (unpaired) electrons. The van der Waals surface area contributed by atoms with E-state index in [0.29, 0.717) is 18.0 Å². The van der Waals surface area contributed by atoms with Crippen LogP contribution >= 0.6 is 0 Å². The van der Waals surface area contributed by atoms with Crippen LogP contribution in [0.15, 0.2) is 47.4 Å². The lowest BCUT2D eigenvalue weighted by Gasteiger charge is -2.13. The number of para-hydroxylation sites is 2. The average Bonchev–Trinajstić information content (AvgIpc) is 2.83. The summed E-state index contributed by atoms with van der Waals surface area (Å²) in [6.45, 7) is 2.18. The van der Waals surface area contributed by atoms with Gasteiger partial charge in [-0.1, -0.05) is 12.1 Å². The van der Waals surface area contributed by atoms with Crippen LogP contribution in [0.1, 0.15) is 27.6 Å². The van der Waals surface area contributed by atoms with Crippen LogP contribution in [-0.2, 0) is 10.0 Å². The summed E-state index contributed by atoms with van der Waals surface area (Å²) >= 11 is 0. The summed E-state index contributed by atoms with van der Waals surface area (Å²) in [5, 5.41) is 2.12. The van der Waals surface area contributed by atoms with E-state index < -0.39 is 21.8 Å². The van der Waals surface area contributed by atoms with Crippen LogP contribution in [0.5, 0.6) is 5.75 Å². The summed E-state index contributed by atoms with van der Waals surface area (Å²) in [7, 11) is -3.94. The molecule has 8 heteroatoms. The number of carbonyl (C=O) groups is 2. The smallest absolute Gasteiger partial charge is 0.262 e. The van der Waals surface area contributed by atoms with Crippen LogP contribution < -0.4 is 14.8 Å². The number of sulfonamides is 1. The Morgan fingerprint density at radius 3 is 2.50 bits per heavy atom. The van der Waals surface area contributed by atoms with E-state index in [1.165, 1.54) is 18.2 Å². The molecule has 7 nitrogen and oxygen atoms in total. The zero-order chi connectivity index (χ0) is 17.3. The third-order valence-electron chi connectivity index (χ3n) is 3.45. The number of amides is 2. The highest BCUT2D eigenvalue weighted by atomic mass is 32.2. The fourth-order valence-electron chi connectivity index (χ4n) is 2.35. The van der Waals surface area contributed by atoms with E-state index in [9.17, 15) is 18.0 Å². The second-order valence-electron chi connectivity index (χ2n) is 5.03. The van der Waals surface area contributed by atoms with Crippen molar-refractivity contribution in [3.8, 4) is 5.75 Å². The monoisotopic (exact) mass is 346 g/mol. The van der Waals surface area contributed by atoms with Gasteiger partial charge in [-0.3, -0.25) is 19.6 Å². The Labute approximate surface area is 138 Å². The van der Waals surface area contributed by atoms with Crippen molar-refractivity contribution in [3.05, 3.63) is 53.6 Å². The Morgan fingerprint density at radius 2 is 1.75 bits per heavy atom. The predicted octanol–water partition coefficient (Wildman–Crippen LogP) is 1.77. The molecule has 2 amide bonds. The quantitative estimate of drug-likeness (QED) is 0.804. The third-order valence-corrected chi connectivity index (χ3v) is 4.81. The normalized spacial score (nSPS) is 13.4. The van der Waals surface area contributed by atoms with Crippen molar-refractivity contribution in [3.63, 3.8) is 0 Å². The molecule has 0 atom stereocenters. The second-order valence-corrected chi connectivity index (χ2v) is 6.71. The maximum atomic E-state index is 12.6. The Kier molecular flexibility index (Phi) is 3.98. The van der Waals surface area contributed by atoms with Gasteiger partial charge < -0.3 is 4.74 Å². The summed E-state index contributed by atoms with van der Waals surface area (Å²) < 4.78 is 32.9. The standard InChI is InChI=1S/C16H14N2O5S/c1-2-23-14-6-4-3-5-13(14)18-24(21,22)10-7-8-11-12(9-10)16(20)17-15(11)19/h3-9,18H,2H2,1H3,(H,17,19,20). The van der Waals surface area contributed by atoms with Crippen molar-refractivity contribution < 1.29 is 22.7 Å². The Balaban J connectivity index is 1.97. The molecular formula is C16H14N2O5S. The third kappa shape index (κ3) is 2.83. The lowest BCUT2D eigenvalue weighted by molar-refractivity contribution is 0.0879. The number of hydrogen-bond donors (Lipinski definition) is 2. The molecule has 2 N–H and O–H groups in total.